The molecule has 2 aromatic carbocycles. The van der Waals surface area contributed by atoms with Gasteiger partial charge in [0.05, 0.1) is 0 Å². The van der Waals surface area contributed by atoms with E-state index in [-0.39, 0.29) is 0 Å². The van der Waals surface area contributed by atoms with Crippen LogP contribution in [0.1, 0.15) is 34.6 Å². The first-order chi connectivity index (χ1) is 10.3. The topological polar surface area (TPSA) is 26.0 Å². The zero-order valence-corrected chi connectivity index (χ0v) is 12.6. The third kappa shape index (κ3) is 2.20. The Morgan fingerprint density at radius 1 is 1.10 bits per heavy atom. The van der Waals surface area contributed by atoms with Gasteiger partial charge in [-0.1, -0.05) is 48.5 Å². The van der Waals surface area contributed by atoms with Crippen LogP contribution < -0.4 is 5.73 Å². The summed E-state index contributed by atoms with van der Waals surface area (Å²) in [5, 5.41) is 0. The Morgan fingerprint density at radius 3 is 2.71 bits per heavy atom. The molecule has 1 nitrogen and oxygen atoms in total. The second-order valence-electron chi connectivity index (χ2n) is 6.80. The Hall–Kier alpha value is -1.60. The Morgan fingerprint density at radius 2 is 1.86 bits per heavy atom. The number of aryl methyl sites for hydroxylation is 2. The van der Waals surface area contributed by atoms with Gasteiger partial charge in [0.2, 0.25) is 0 Å². The van der Waals surface area contributed by atoms with Crippen molar-refractivity contribution in [3.8, 4) is 0 Å². The molecule has 4 atom stereocenters. The molecule has 2 aliphatic rings. The van der Waals surface area contributed by atoms with Crippen LogP contribution in [0.15, 0.2) is 48.5 Å². The zero-order valence-electron chi connectivity index (χ0n) is 12.6. The van der Waals surface area contributed by atoms with E-state index in [1.165, 1.54) is 24.0 Å². The molecule has 108 valence electrons. The number of hydrogen-bond acceptors (Lipinski definition) is 1. The highest BCUT2D eigenvalue weighted by Crippen LogP contribution is 2.61. The van der Waals surface area contributed by atoms with Crippen LogP contribution in [0.25, 0.3) is 0 Å². The summed E-state index contributed by atoms with van der Waals surface area (Å²) in [5.41, 5.74) is 12.5. The number of nitrogens with two attached hydrogens (primary N) is 1. The first kappa shape index (κ1) is 13.1. The molecule has 1 saturated carbocycles. The van der Waals surface area contributed by atoms with Crippen molar-refractivity contribution in [2.75, 3.05) is 0 Å². The lowest BCUT2D eigenvalue weighted by Gasteiger charge is -2.14. The largest absolute Gasteiger partial charge is 0.327 e. The van der Waals surface area contributed by atoms with E-state index in [1.807, 2.05) is 0 Å². The molecular formula is C20H23N. The van der Waals surface area contributed by atoms with Crippen molar-refractivity contribution in [3.63, 3.8) is 0 Å². The maximum atomic E-state index is 6.60. The van der Waals surface area contributed by atoms with Gasteiger partial charge in [-0.15, -0.1) is 0 Å². The van der Waals surface area contributed by atoms with Gasteiger partial charge < -0.3 is 5.73 Å². The maximum Gasteiger partial charge on any atom is 0.0117 e. The van der Waals surface area contributed by atoms with Gasteiger partial charge in [-0.25, -0.2) is 0 Å². The van der Waals surface area contributed by atoms with E-state index < -0.39 is 0 Å². The van der Waals surface area contributed by atoms with Crippen LogP contribution >= 0.6 is 0 Å². The SMILES string of the molecule is Cc1ccccc1CC(N)C1C2CCc3ccccc3C21. The minimum absolute atomic E-state index is 0.298. The predicted octanol–water partition coefficient (Wildman–Crippen LogP) is 3.84. The van der Waals surface area contributed by atoms with Gasteiger partial charge >= 0.3 is 0 Å². The molecule has 0 spiro atoms. The van der Waals surface area contributed by atoms with E-state index in [0.29, 0.717) is 12.0 Å². The molecule has 1 heteroatoms. The number of benzene rings is 2. The summed E-state index contributed by atoms with van der Waals surface area (Å²) in [7, 11) is 0. The second kappa shape index (κ2) is 4.99. The second-order valence-corrected chi connectivity index (χ2v) is 6.80. The van der Waals surface area contributed by atoms with Crippen molar-refractivity contribution in [1.29, 1.82) is 0 Å². The summed E-state index contributed by atoms with van der Waals surface area (Å²) in [6, 6.07) is 17.9. The molecule has 1 fully saturated rings. The molecule has 0 aliphatic heterocycles. The van der Waals surface area contributed by atoms with Crippen molar-refractivity contribution >= 4 is 0 Å². The quantitative estimate of drug-likeness (QED) is 0.906. The lowest BCUT2D eigenvalue weighted by molar-refractivity contribution is 0.531. The third-order valence-corrected chi connectivity index (χ3v) is 5.60. The predicted molar refractivity (Wildman–Crippen MR) is 87.3 cm³/mol. The Balaban J connectivity index is 1.53. The van der Waals surface area contributed by atoms with E-state index in [0.717, 1.165) is 18.3 Å². The van der Waals surface area contributed by atoms with Crippen LogP contribution in [-0.4, -0.2) is 6.04 Å². The Labute approximate surface area is 127 Å². The van der Waals surface area contributed by atoms with Crippen molar-refractivity contribution < 1.29 is 0 Å². The summed E-state index contributed by atoms with van der Waals surface area (Å²) in [4.78, 5) is 0. The summed E-state index contributed by atoms with van der Waals surface area (Å²) in [6.45, 7) is 2.19. The average molecular weight is 277 g/mol. The van der Waals surface area contributed by atoms with Gasteiger partial charge in [0, 0.05) is 6.04 Å². The fraction of sp³-hybridized carbons (Fsp3) is 0.400. The first-order valence-electron chi connectivity index (χ1n) is 8.13. The van der Waals surface area contributed by atoms with Crippen molar-refractivity contribution in [2.24, 2.45) is 17.6 Å². The fourth-order valence-electron chi connectivity index (χ4n) is 4.43. The normalized spacial score (nSPS) is 27.6. The third-order valence-electron chi connectivity index (χ3n) is 5.60. The Bertz CT molecular complexity index is 660. The van der Waals surface area contributed by atoms with Crippen LogP contribution in [0.3, 0.4) is 0 Å². The van der Waals surface area contributed by atoms with Gasteiger partial charge in [0.15, 0.2) is 0 Å². The summed E-state index contributed by atoms with van der Waals surface area (Å²) in [5.74, 6) is 2.25. The molecule has 0 aromatic heterocycles. The van der Waals surface area contributed by atoms with Gasteiger partial charge in [0.25, 0.3) is 0 Å². The van der Waals surface area contributed by atoms with E-state index in [4.69, 9.17) is 5.73 Å². The minimum atomic E-state index is 0.298. The number of rotatable bonds is 3. The van der Waals surface area contributed by atoms with Crippen molar-refractivity contribution in [2.45, 2.75) is 38.1 Å². The van der Waals surface area contributed by atoms with Gasteiger partial charge in [-0.3, -0.25) is 0 Å². The fourth-order valence-corrected chi connectivity index (χ4v) is 4.43. The molecule has 0 heterocycles. The molecule has 0 saturated heterocycles. The van der Waals surface area contributed by atoms with Crippen LogP contribution in [-0.2, 0) is 12.8 Å². The molecule has 4 rings (SSSR count). The highest BCUT2D eigenvalue weighted by molar-refractivity contribution is 5.40. The van der Waals surface area contributed by atoms with E-state index in [9.17, 15) is 0 Å². The van der Waals surface area contributed by atoms with E-state index in [1.54, 1.807) is 11.1 Å². The van der Waals surface area contributed by atoms with Gasteiger partial charge in [-0.2, -0.15) is 0 Å². The molecule has 0 amide bonds. The summed E-state index contributed by atoms with van der Waals surface area (Å²) >= 11 is 0. The Kier molecular flexibility index (Phi) is 3.11. The molecule has 2 aromatic rings. The molecule has 4 unspecified atom stereocenters. The van der Waals surface area contributed by atoms with Crippen LogP contribution in [0.2, 0.25) is 0 Å². The first-order valence-corrected chi connectivity index (χ1v) is 8.13. The maximum absolute atomic E-state index is 6.60. The summed E-state index contributed by atoms with van der Waals surface area (Å²) in [6.07, 6.45) is 3.59. The van der Waals surface area contributed by atoms with Crippen LogP contribution in [0.4, 0.5) is 0 Å². The van der Waals surface area contributed by atoms with Crippen molar-refractivity contribution in [3.05, 3.63) is 70.8 Å². The van der Waals surface area contributed by atoms with Gasteiger partial charge in [-0.05, 0) is 66.2 Å². The highest BCUT2D eigenvalue weighted by atomic mass is 14.7. The summed E-state index contributed by atoms with van der Waals surface area (Å²) < 4.78 is 0. The molecule has 2 N–H and O–H groups in total. The lowest BCUT2D eigenvalue weighted by atomic mass is 9.92. The van der Waals surface area contributed by atoms with Crippen molar-refractivity contribution in [1.82, 2.24) is 0 Å². The standard InChI is InChI=1S/C20H23N/c1-13-6-2-3-8-15(13)12-18(21)20-17-11-10-14-7-4-5-9-16(14)19(17)20/h2-9,17-20H,10-12,21H2,1H3. The molecule has 0 radical (unpaired) electrons. The van der Waals surface area contributed by atoms with E-state index >= 15 is 0 Å². The number of fused-ring (bicyclic) bond motifs is 3. The number of hydrogen-bond donors (Lipinski definition) is 1. The van der Waals surface area contributed by atoms with Gasteiger partial charge in [0.1, 0.15) is 0 Å². The molecule has 2 aliphatic carbocycles. The smallest absolute Gasteiger partial charge is 0.0117 e. The zero-order chi connectivity index (χ0) is 14.4. The lowest BCUT2D eigenvalue weighted by Crippen LogP contribution is -2.27. The monoisotopic (exact) mass is 277 g/mol. The van der Waals surface area contributed by atoms with E-state index in [2.05, 4.69) is 55.5 Å². The highest BCUT2D eigenvalue weighted by Gasteiger charge is 2.55. The average Bonchev–Trinajstić information content (AvgIpc) is 3.24. The molecule has 0 bridgehead atoms. The minimum Gasteiger partial charge on any atom is -0.327 e. The molecular weight excluding hydrogens is 254 g/mol. The van der Waals surface area contributed by atoms with Crippen LogP contribution in [0, 0.1) is 18.8 Å². The van der Waals surface area contributed by atoms with Crippen LogP contribution in [0.5, 0.6) is 0 Å². The molecule has 21 heavy (non-hydrogen) atoms.